The first-order valence-corrected chi connectivity index (χ1v) is 12.3. The number of hydrogen-bond donors (Lipinski definition) is 1. The van der Waals surface area contributed by atoms with Crippen LogP contribution in [0.3, 0.4) is 0 Å². The molecule has 1 N–H and O–H groups in total. The molecule has 0 saturated heterocycles. The molecule has 0 bridgehead atoms. The van der Waals surface area contributed by atoms with Gasteiger partial charge >= 0.3 is 5.97 Å². The Labute approximate surface area is 208 Å². The lowest BCUT2D eigenvalue weighted by atomic mass is 10.1. The van der Waals surface area contributed by atoms with E-state index in [4.69, 9.17) is 14.2 Å². The average Bonchev–Trinajstić information content (AvgIpc) is 3.47. The summed E-state index contributed by atoms with van der Waals surface area (Å²) in [5.41, 5.74) is 1.63. The fourth-order valence-electron chi connectivity index (χ4n) is 3.42. The minimum Gasteiger partial charge on any atom is -0.493 e. The summed E-state index contributed by atoms with van der Waals surface area (Å²) in [6, 6.07) is 5.40. The molecule has 35 heavy (non-hydrogen) atoms. The van der Waals surface area contributed by atoms with Gasteiger partial charge in [-0.05, 0) is 24.6 Å². The second kappa shape index (κ2) is 10.7. The van der Waals surface area contributed by atoms with E-state index in [0.717, 1.165) is 5.56 Å². The lowest BCUT2D eigenvalue weighted by Crippen LogP contribution is -2.27. The van der Waals surface area contributed by atoms with Crippen LogP contribution in [0, 0.1) is 0 Å². The zero-order valence-corrected chi connectivity index (χ0v) is 20.8. The van der Waals surface area contributed by atoms with E-state index < -0.39 is 5.91 Å². The van der Waals surface area contributed by atoms with Crippen molar-refractivity contribution in [3.63, 3.8) is 0 Å². The van der Waals surface area contributed by atoms with Crippen LogP contribution in [-0.2, 0) is 27.3 Å². The number of hydrogen-bond acceptors (Lipinski definition) is 10. The Kier molecular flexibility index (Phi) is 7.42. The molecule has 0 aliphatic heterocycles. The standard InChI is InChI=1S/C23H22N4O6S2/c1-4-33-19(29)8-14-10-35-23(25-14)26-18(28)9-27-12-24-21-20(22(27)30)15(11-34-21)13-5-6-16(31-2)17(7-13)32-3/h5-7,10-12H,4,8-9H2,1-3H3,(H,25,26,28). The Hall–Kier alpha value is -3.77. The maximum absolute atomic E-state index is 13.3. The molecular formula is C23H22N4O6S2. The van der Waals surface area contributed by atoms with Crippen LogP contribution in [0.15, 0.2) is 40.1 Å². The van der Waals surface area contributed by atoms with E-state index in [-0.39, 0.29) is 31.1 Å². The third-order valence-electron chi connectivity index (χ3n) is 5.00. The average molecular weight is 515 g/mol. The van der Waals surface area contributed by atoms with Gasteiger partial charge < -0.3 is 19.5 Å². The Bertz CT molecular complexity index is 1440. The number of ether oxygens (including phenoxy) is 3. The van der Waals surface area contributed by atoms with Crippen molar-refractivity contribution in [1.82, 2.24) is 14.5 Å². The van der Waals surface area contributed by atoms with Crippen LogP contribution in [-0.4, -0.2) is 47.2 Å². The molecule has 0 atom stereocenters. The predicted molar refractivity (Wildman–Crippen MR) is 134 cm³/mol. The second-order valence-electron chi connectivity index (χ2n) is 7.25. The summed E-state index contributed by atoms with van der Waals surface area (Å²) in [7, 11) is 3.10. The van der Waals surface area contributed by atoms with Gasteiger partial charge in [-0.25, -0.2) is 9.97 Å². The van der Waals surface area contributed by atoms with Gasteiger partial charge in [0.15, 0.2) is 16.6 Å². The number of benzene rings is 1. The van der Waals surface area contributed by atoms with Crippen molar-refractivity contribution in [2.45, 2.75) is 19.9 Å². The lowest BCUT2D eigenvalue weighted by molar-refractivity contribution is -0.142. The number of nitrogens with zero attached hydrogens (tertiary/aromatic N) is 3. The number of amides is 1. The summed E-state index contributed by atoms with van der Waals surface area (Å²) in [6.45, 7) is 1.78. The summed E-state index contributed by atoms with van der Waals surface area (Å²) in [5.74, 6) is 0.296. The molecule has 1 aromatic carbocycles. The Morgan fingerprint density at radius 2 is 1.91 bits per heavy atom. The SMILES string of the molecule is CCOC(=O)Cc1csc(NC(=O)Cn2cnc3scc(-c4ccc(OC)c(OC)c4)c3c2=O)n1. The van der Waals surface area contributed by atoms with Gasteiger partial charge in [0.25, 0.3) is 5.56 Å². The maximum atomic E-state index is 13.3. The molecule has 182 valence electrons. The molecule has 0 spiro atoms. The van der Waals surface area contributed by atoms with E-state index in [1.165, 1.54) is 33.6 Å². The molecule has 0 saturated carbocycles. The summed E-state index contributed by atoms with van der Waals surface area (Å²) >= 11 is 2.53. The highest BCUT2D eigenvalue weighted by Crippen LogP contribution is 2.36. The zero-order valence-electron chi connectivity index (χ0n) is 19.2. The number of anilines is 1. The largest absolute Gasteiger partial charge is 0.493 e. The van der Waals surface area contributed by atoms with Gasteiger partial charge in [0.2, 0.25) is 5.91 Å². The van der Waals surface area contributed by atoms with E-state index >= 15 is 0 Å². The Morgan fingerprint density at radius 1 is 1.11 bits per heavy atom. The van der Waals surface area contributed by atoms with Gasteiger partial charge in [0, 0.05) is 16.3 Å². The highest BCUT2D eigenvalue weighted by molar-refractivity contribution is 7.17. The quantitative estimate of drug-likeness (QED) is 0.338. The molecule has 0 unspecified atom stereocenters. The van der Waals surface area contributed by atoms with E-state index in [9.17, 15) is 14.4 Å². The number of nitrogens with one attached hydrogen (secondary N) is 1. The number of fused-ring (bicyclic) bond motifs is 1. The van der Waals surface area contributed by atoms with E-state index in [0.29, 0.717) is 38.1 Å². The first-order chi connectivity index (χ1) is 16.9. The van der Waals surface area contributed by atoms with Crippen LogP contribution < -0.4 is 20.3 Å². The summed E-state index contributed by atoms with van der Waals surface area (Å²) in [5, 5.41) is 6.94. The van der Waals surface area contributed by atoms with Crippen LogP contribution in [0.2, 0.25) is 0 Å². The first kappa shape index (κ1) is 24.4. The van der Waals surface area contributed by atoms with E-state index in [1.54, 1.807) is 38.7 Å². The molecule has 0 aliphatic carbocycles. The highest BCUT2D eigenvalue weighted by Gasteiger charge is 2.17. The topological polar surface area (TPSA) is 122 Å². The molecule has 4 rings (SSSR count). The number of rotatable bonds is 9. The lowest BCUT2D eigenvalue weighted by Gasteiger charge is -2.09. The number of carbonyl (C=O) groups is 2. The number of methoxy groups -OCH3 is 2. The minimum absolute atomic E-state index is 0.0251. The molecule has 10 nitrogen and oxygen atoms in total. The van der Waals surface area contributed by atoms with Crippen molar-refractivity contribution in [3.05, 3.63) is 51.3 Å². The number of thiophene rings is 1. The van der Waals surface area contributed by atoms with Crippen molar-refractivity contribution < 1.29 is 23.8 Å². The zero-order chi connectivity index (χ0) is 24.9. The van der Waals surface area contributed by atoms with Gasteiger partial charge in [-0.1, -0.05) is 6.07 Å². The molecule has 4 aromatic rings. The van der Waals surface area contributed by atoms with Crippen molar-refractivity contribution in [2.75, 3.05) is 26.1 Å². The smallest absolute Gasteiger partial charge is 0.311 e. The van der Waals surface area contributed by atoms with Crippen molar-refractivity contribution in [2.24, 2.45) is 0 Å². The van der Waals surface area contributed by atoms with Crippen LogP contribution >= 0.6 is 22.7 Å². The summed E-state index contributed by atoms with van der Waals surface area (Å²) < 4.78 is 16.8. The van der Waals surface area contributed by atoms with Crippen LogP contribution in [0.5, 0.6) is 11.5 Å². The van der Waals surface area contributed by atoms with Crippen molar-refractivity contribution >= 4 is 49.9 Å². The highest BCUT2D eigenvalue weighted by atomic mass is 32.1. The fourth-order valence-corrected chi connectivity index (χ4v) is 5.05. The molecule has 0 aliphatic rings. The predicted octanol–water partition coefficient (Wildman–Crippen LogP) is 3.34. The van der Waals surface area contributed by atoms with Gasteiger partial charge in [0.05, 0.1) is 44.7 Å². The van der Waals surface area contributed by atoms with E-state index in [1.807, 2.05) is 11.4 Å². The molecular weight excluding hydrogens is 492 g/mol. The van der Waals surface area contributed by atoms with Gasteiger partial charge in [-0.15, -0.1) is 22.7 Å². The Balaban J connectivity index is 1.55. The van der Waals surface area contributed by atoms with Gasteiger partial charge in [0.1, 0.15) is 11.4 Å². The third kappa shape index (κ3) is 5.33. The van der Waals surface area contributed by atoms with Crippen molar-refractivity contribution in [1.29, 1.82) is 0 Å². The number of thiazole rings is 1. The second-order valence-corrected chi connectivity index (χ2v) is 8.97. The monoisotopic (exact) mass is 514 g/mol. The van der Waals surface area contributed by atoms with Crippen LogP contribution in [0.4, 0.5) is 5.13 Å². The number of carbonyl (C=O) groups excluding carboxylic acids is 2. The van der Waals surface area contributed by atoms with Crippen LogP contribution in [0.1, 0.15) is 12.6 Å². The molecule has 3 aromatic heterocycles. The fraction of sp³-hybridized carbons (Fsp3) is 0.261. The summed E-state index contributed by atoms with van der Waals surface area (Å²) in [4.78, 5) is 46.6. The Morgan fingerprint density at radius 3 is 2.66 bits per heavy atom. The van der Waals surface area contributed by atoms with Crippen molar-refractivity contribution in [3.8, 4) is 22.6 Å². The molecule has 0 radical (unpaired) electrons. The molecule has 3 heterocycles. The first-order valence-electron chi connectivity index (χ1n) is 10.5. The number of aromatic nitrogens is 3. The van der Waals surface area contributed by atoms with Crippen LogP contribution in [0.25, 0.3) is 21.3 Å². The van der Waals surface area contributed by atoms with Gasteiger partial charge in [-0.3, -0.25) is 19.0 Å². The van der Waals surface area contributed by atoms with E-state index in [2.05, 4.69) is 15.3 Å². The summed E-state index contributed by atoms with van der Waals surface area (Å²) in [6.07, 6.45) is 1.38. The minimum atomic E-state index is -0.437. The van der Waals surface area contributed by atoms with Gasteiger partial charge in [-0.2, -0.15) is 0 Å². The number of esters is 1. The molecule has 1 amide bonds. The molecule has 0 fully saturated rings. The normalized spacial score (nSPS) is 10.8. The third-order valence-corrected chi connectivity index (χ3v) is 6.69. The maximum Gasteiger partial charge on any atom is 0.311 e. The molecule has 12 heteroatoms.